The van der Waals surface area contributed by atoms with E-state index >= 15 is 0 Å². The first kappa shape index (κ1) is 19.3. The number of ketones is 1. The van der Waals surface area contributed by atoms with Crippen LogP contribution in [-0.4, -0.2) is 39.2 Å². The first-order valence-electron chi connectivity index (χ1n) is 8.31. The number of aliphatic imine (C=N–C) groups is 1. The number of phenolic OH excluding ortho intramolecular Hbond substituents is 1. The van der Waals surface area contributed by atoms with Crippen molar-refractivity contribution in [1.82, 2.24) is 0 Å². The number of carbonyl (C=O) groups is 1. The topological polar surface area (TPSA) is 49.7 Å². The average Bonchev–Trinajstić information content (AvgIpc) is 2.95. The van der Waals surface area contributed by atoms with E-state index in [1.807, 2.05) is 18.2 Å². The zero-order valence-corrected chi connectivity index (χ0v) is 20.9. The number of hydrogen-bond donors (Lipinski definition) is 1. The van der Waals surface area contributed by atoms with Gasteiger partial charge in [0.1, 0.15) is 0 Å². The maximum atomic E-state index is 12.1. The van der Waals surface area contributed by atoms with E-state index in [9.17, 15) is 9.90 Å². The van der Waals surface area contributed by atoms with Crippen LogP contribution in [0.25, 0.3) is 10.0 Å². The fourth-order valence-electron chi connectivity index (χ4n) is 3.77. The summed E-state index contributed by atoms with van der Waals surface area (Å²) in [6.45, 7) is 6.23. The molecule has 0 fully saturated rings. The van der Waals surface area contributed by atoms with Crippen LogP contribution in [0.15, 0.2) is 62.6 Å². The van der Waals surface area contributed by atoms with Gasteiger partial charge in [0.25, 0.3) is 0 Å². The number of rotatable bonds is 3. The van der Waals surface area contributed by atoms with Crippen molar-refractivity contribution in [2.75, 3.05) is 0 Å². The maximum absolute atomic E-state index is 12.1. The van der Waals surface area contributed by atoms with Gasteiger partial charge in [-0.05, 0) is 0 Å². The molecule has 7 heteroatoms. The van der Waals surface area contributed by atoms with E-state index in [0.717, 1.165) is 37.8 Å². The molecule has 1 aliphatic heterocycles. The predicted octanol–water partition coefficient (Wildman–Crippen LogP) is 4.65. The second-order valence-corrected chi connectivity index (χ2v) is 16.2. The fourth-order valence-corrected chi connectivity index (χ4v) is 12.1. The summed E-state index contributed by atoms with van der Waals surface area (Å²) < 4.78 is 3.50. The summed E-state index contributed by atoms with van der Waals surface area (Å²) >= 11 is 6.08. The van der Waals surface area contributed by atoms with Crippen molar-refractivity contribution in [3.63, 3.8) is 0 Å². The minimum atomic E-state index is -2.34. The molecule has 0 saturated carbocycles. The number of allylic oxidation sites excluding steroid dienone is 5. The summed E-state index contributed by atoms with van der Waals surface area (Å²) in [7, 11) is -2.34. The predicted molar refractivity (Wildman–Crippen MR) is 126 cm³/mol. The van der Waals surface area contributed by atoms with Crippen molar-refractivity contribution >= 4 is 83.5 Å². The third-order valence-electron chi connectivity index (χ3n) is 4.96. The molecule has 0 amide bonds. The van der Waals surface area contributed by atoms with E-state index in [1.54, 1.807) is 18.2 Å². The number of carbonyl (C=O) groups excluding carboxylic acids is 1. The molecular formula is C20H15BrINO2SeSi. The average molecular weight is 615 g/mol. The zero-order chi connectivity index (χ0) is 19.3. The van der Waals surface area contributed by atoms with E-state index in [4.69, 9.17) is 4.99 Å². The Bertz CT molecular complexity index is 1080. The van der Waals surface area contributed by atoms with Crippen LogP contribution >= 0.6 is 38.5 Å². The second-order valence-electron chi connectivity index (χ2n) is 6.70. The molecule has 1 unspecified atom stereocenters. The summed E-state index contributed by atoms with van der Waals surface area (Å²) in [6, 6.07) is 6.56. The van der Waals surface area contributed by atoms with Gasteiger partial charge in [0.2, 0.25) is 0 Å². The molecular weight excluding hydrogens is 600 g/mol. The Morgan fingerprint density at radius 3 is 2.85 bits per heavy atom. The Balaban J connectivity index is 2.09. The van der Waals surface area contributed by atoms with Crippen LogP contribution in [-0.2, 0) is 4.79 Å². The van der Waals surface area contributed by atoms with Gasteiger partial charge in [0.05, 0.1) is 0 Å². The molecule has 2 heterocycles. The zero-order valence-electron chi connectivity index (χ0n) is 14.4. The number of phenols is 1. The van der Waals surface area contributed by atoms with Crippen LogP contribution in [0.3, 0.4) is 0 Å². The summed E-state index contributed by atoms with van der Waals surface area (Å²) in [4.78, 5) is 17.0. The first-order chi connectivity index (χ1) is 12.8. The molecule has 2 aliphatic rings. The van der Waals surface area contributed by atoms with Gasteiger partial charge >= 0.3 is 188 Å². The molecule has 0 radical (unpaired) electrons. The van der Waals surface area contributed by atoms with Gasteiger partial charge in [-0.15, -0.1) is 0 Å². The van der Waals surface area contributed by atoms with Crippen LogP contribution in [0.5, 0.6) is 5.75 Å². The molecule has 1 N–H and O–H groups in total. The molecule has 0 bridgehead atoms. The molecule has 3 nitrogen and oxygen atoms in total. The van der Waals surface area contributed by atoms with Gasteiger partial charge < -0.3 is 0 Å². The van der Waals surface area contributed by atoms with Gasteiger partial charge in [0, 0.05) is 0 Å². The summed E-state index contributed by atoms with van der Waals surface area (Å²) in [5.41, 5.74) is 2.67. The van der Waals surface area contributed by atoms with Crippen molar-refractivity contribution < 1.29 is 9.90 Å². The molecule has 0 saturated heterocycles. The van der Waals surface area contributed by atoms with Gasteiger partial charge in [-0.25, -0.2) is 0 Å². The van der Waals surface area contributed by atoms with Gasteiger partial charge in [0.15, 0.2) is 0 Å². The van der Waals surface area contributed by atoms with Gasteiger partial charge in [-0.1, -0.05) is 0 Å². The molecule has 0 spiro atoms. The normalized spacial score (nSPS) is 20.6. The number of nitrogens with zero attached hydrogens (tertiary/aromatic N) is 1. The Morgan fingerprint density at radius 1 is 1.41 bits per heavy atom. The number of benzene rings is 1. The van der Waals surface area contributed by atoms with E-state index in [1.165, 1.54) is 6.92 Å². The molecule has 4 rings (SSSR count). The van der Waals surface area contributed by atoms with Crippen LogP contribution in [0.4, 0.5) is 5.69 Å². The van der Waals surface area contributed by atoms with Gasteiger partial charge in [-0.2, -0.15) is 0 Å². The van der Waals surface area contributed by atoms with Crippen molar-refractivity contribution in [2.45, 2.75) is 12.6 Å². The standard InChI is InChI=1S/C20H15BrINO2SeSi/c1-3-8-27(2)17-9-11(24)4-5-13(17)23-14-6-7-15(25)18(19(14)27)16-10-12(22)20(21)26-16/h3-7,9-10,25H,1,8H2,2H3. The fraction of sp³-hybridized carbons (Fsp3) is 0.100. The Kier molecular flexibility index (Phi) is 5.09. The van der Waals surface area contributed by atoms with Crippen molar-refractivity contribution in [3.8, 4) is 15.8 Å². The molecule has 1 aromatic carbocycles. The SMILES string of the molecule is C=CC[Si]1(C)C2=CC(=O)C=CC2=Nc2ccc(O)c(-c3cc(I)c(Br)[se]3)c21. The van der Waals surface area contributed by atoms with Crippen LogP contribution in [0.2, 0.25) is 12.6 Å². The van der Waals surface area contributed by atoms with Crippen molar-refractivity contribution in [1.29, 1.82) is 0 Å². The number of aromatic hydroxyl groups is 1. The Morgan fingerprint density at radius 2 is 2.19 bits per heavy atom. The van der Waals surface area contributed by atoms with Crippen molar-refractivity contribution in [2.24, 2.45) is 4.99 Å². The molecule has 2 aromatic rings. The summed E-state index contributed by atoms with van der Waals surface area (Å²) in [5.74, 6) is 0.285. The molecule has 27 heavy (non-hydrogen) atoms. The summed E-state index contributed by atoms with van der Waals surface area (Å²) in [6.07, 6.45) is 7.06. The number of halogens is 2. The quantitative estimate of drug-likeness (QED) is 0.237. The van der Waals surface area contributed by atoms with Crippen molar-refractivity contribution in [3.05, 3.63) is 61.2 Å². The van der Waals surface area contributed by atoms with Gasteiger partial charge in [-0.3, -0.25) is 0 Å². The van der Waals surface area contributed by atoms with Crippen LogP contribution in [0.1, 0.15) is 0 Å². The third-order valence-corrected chi connectivity index (χ3v) is 14.9. The summed E-state index contributed by atoms with van der Waals surface area (Å²) in [5, 5.41) is 13.0. The van der Waals surface area contributed by atoms with E-state index in [0.29, 0.717) is 0 Å². The molecule has 136 valence electrons. The first-order valence-corrected chi connectivity index (χ1v) is 14.6. The Labute approximate surface area is 186 Å². The van der Waals surface area contributed by atoms with E-state index in [2.05, 4.69) is 57.7 Å². The third kappa shape index (κ3) is 3.13. The second kappa shape index (κ2) is 7.11. The molecule has 1 aromatic heterocycles. The van der Waals surface area contributed by atoms with E-state index in [-0.39, 0.29) is 26.0 Å². The molecule has 1 aliphatic carbocycles. The minimum absolute atomic E-state index is 0.000139. The number of fused-ring (bicyclic) bond motifs is 2. The molecule has 1 atom stereocenters. The van der Waals surface area contributed by atoms with E-state index < -0.39 is 8.07 Å². The Hall–Kier alpha value is -0.994. The van der Waals surface area contributed by atoms with Crippen LogP contribution < -0.4 is 5.19 Å². The monoisotopic (exact) mass is 615 g/mol. The number of hydrogen-bond acceptors (Lipinski definition) is 3. The van der Waals surface area contributed by atoms with Crippen LogP contribution in [0, 0.1) is 3.57 Å².